The summed E-state index contributed by atoms with van der Waals surface area (Å²) in [5, 5.41) is -0.0906. The smallest absolute Gasteiger partial charge is 0.241 e. The van der Waals surface area contributed by atoms with Crippen LogP contribution in [0.5, 0.6) is 0 Å². The van der Waals surface area contributed by atoms with Gasteiger partial charge in [-0.15, -0.1) is 0 Å². The van der Waals surface area contributed by atoms with E-state index in [1.807, 2.05) is 12.1 Å². The summed E-state index contributed by atoms with van der Waals surface area (Å²) in [5.41, 5.74) is 6.39. The van der Waals surface area contributed by atoms with E-state index in [0.717, 1.165) is 5.39 Å². The molecule has 1 heterocycles. The average molecular weight is 295 g/mol. The number of anilines is 1. The maximum Gasteiger partial charge on any atom is 0.241 e. The highest BCUT2D eigenvalue weighted by Crippen LogP contribution is 2.22. The van der Waals surface area contributed by atoms with Crippen LogP contribution in [-0.2, 0) is 10.0 Å². The first-order chi connectivity index (χ1) is 8.92. The summed E-state index contributed by atoms with van der Waals surface area (Å²) in [5.74, 6) is 0. The number of para-hydroxylation sites is 1. The first-order valence-electron chi connectivity index (χ1n) is 5.56. The maximum absolute atomic E-state index is 12.1. The average Bonchev–Trinajstić information content (AvgIpc) is 2.38. The van der Waals surface area contributed by atoms with Crippen molar-refractivity contribution in [2.75, 3.05) is 4.72 Å². The molecule has 0 saturated carbocycles. The summed E-state index contributed by atoms with van der Waals surface area (Å²) in [7, 11) is -3.66. The molecule has 5 nitrogen and oxygen atoms in total. The van der Waals surface area contributed by atoms with Crippen LogP contribution in [0.25, 0.3) is 10.9 Å². The Morgan fingerprint density at radius 1 is 1.37 bits per heavy atom. The predicted octanol–water partition coefficient (Wildman–Crippen LogP) is 1.65. The summed E-state index contributed by atoms with van der Waals surface area (Å²) in [6.45, 7) is 1.45. The summed E-state index contributed by atoms with van der Waals surface area (Å²) in [6.07, 6.45) is 1.61. The highest BCUT2D eigenvalue weighted by Gasteiger charge is 2.23. The Bertz CT molecular complexity index is 723. The first kappa shape index (κ1) is 13.7. The molecule has 2 aromatic rings. The molecule has 0 aliphatic heterocycles. The standard InChI is InChI=1S/C12H13N3O2S2/c1-8(12(13)18)19(16,17)15-10-6-2-4-9-5-3-7-14-11(9)10/h2-8,15H,1H3,(H2,13,18). The Kier molecular flexibility index (Phi) is 3.68. The number of nitrogens with one attached hydrogen (secondary N) is 1. The molecule has 0 spiro atoms. The van der Waals surface area contributed by atoms with Crippen LogP contribution < -0.4 is 10.5 Å². The lowest BCUT2D eigenvalue weighted by molar-refractivity contribution is 0.598. The van der Waals surface area contributed by atoms with Gasteiger partial charge in [-0.1, -0.05) is 30.4 Å². The van der Waals surface area contributed by atoms with Gasteiger partial charge in [0.1, 0.15) is 5.25 Å². The van der Waals surface area contributed by atoms with E-state index in [2.05, 4.69) is 9.71 Å². The lowest BCUT2D eigenvalue weighted by atomic mass is 10.2. The molecule has 0 saturated heterocycles. The van der Waals surface area contributed by atoms with Gasteiger partial charge in [-0.25, -0.2) is 8.42 Å². The minimum Gasteiger partial charge on any atom is -0.392 e. The summed E-state index contributed by atoms with van der Waals surface area (Å²) in [4.78, 5) is 4.11. The van der Waals surface area contributed by atoms with E-state index in [0.29, 0.717) is 11.2 Å². The topological polar surface area (TPSA) is 85.1 Å². The molecule has 0 bridgehead atoms. The fraction of sp³-hybridized carbons (Fsp3) is 0.167. The number of benzene rings is 1. The molecule has 100 valence electrons. The van der Waals surface area contributed by atoms with Crippen LogP contribution in [0.4, 0.5) is 5.69 Å². The van der Waals surface area contributed by atoms with Gasteiger partial charge in [-0.2, -0.15) is 0 Å². The van der Waals surface area contributed by atoms with Gasteiger partial charge in [-0.3, -0.25) is 9.71 Å². The maximum atomic E-state index is 12.1. The Morgan fingerprint density at radius 2 is 2.05 bits per heavy atom. The molecule has 19 heavy (non-hydrogen) atoms. The number of fused-ring (bicyclic) bond motifs is 1. The molecular formula is C12H13N3O2S2. The van der Waals surface area contributed by atoms with Gasteiger partial charge in [0.05, 0.1) is 16.2 Å². The molecule has 3 N–H and O–H groups in total. The summed E-state index contributed by atoms with van der Waals surface area (Å²) >= 11 is 4.72. The lowest BCUT2D eigenvalue weighted by Crippen LogP contribution is -2.35. The van der Waals surface area contributed by atoms with Gasteiger partial charge >= 0.3 is 0 Å². The second kappa shape index (κ2) is 5.10. The molecule has 0 aliphatic rings. The third-order valence-electron chi connectivity index (χ3n) is 2.75. The number of sulfonamides is 1. The number of pyridine rings is 1. The van der Waals surface area contributed by atoms with E-state index in [1.54, 1.807) is 24.4 Å². The van der Waals surface area contributed by atoms with Crippen LogP contribution in [0, 0.1) is 0 Å². The number of rotatable bonds is 4. The highest BCUT2D eigenvalue weighted by atomic mass is 32.2. The van der Waals surface area contributed by atoms with Crippen molar-refractivity contribution in [3.8, 4) is 0 Å². The van der Waals surface area contributed by atoms with Crippen molar-refractivity contribution in [2.45, 2.75) is 12.2 Å². The normalized spacial score (nSPS) is 13.1. The second-order valence-electron chi connectivity index (χ2n) is 4.07. The molecule has 0 fully saturated rings. The van der Waals surface area contributed by atoms with Crippen molar-refractivity contribution in [3.05, 3.63) is 36.5 Å². The van der Waals surface area contributed by atoms with Gasteiger partial charge in [0.25, 0.3) is 0 Å². The van der Waals surface area contributed by atoms with Crippen LogP contribution in [0.1, 0.15) is 6.92 Å². The molecular weight excluding hydrogens is 282 g/mol. The van der Waals surface area contributed by atoms with Gasteiger partial charge < -0.3 is 5.73 Å². The van der Waals surface area contributed by atoms with Gasteiger partial charge in [-0.05, 0) is 19.1 Å². The number of nitrogens with two attached hydrogens (primary N) is 1. The Morgan fingerprint density at radius 3 is 2.74 bits per heavy atom. The minimum absolute atomic E-state index is 0.0688. The highest BCUT2D eigenvalue weighted by molar-refractivity contribution is 7.95. The number of nitrogens with zero attached hydrogens (tertiary/aromatic N) is 1. The molecule has 1 unspecified atom stereocenters. The molecule has 0 radical (unpaired) electrons. The van der Waals surface area contributed by atoms with Crippen molar-refractivity contribution in [1.82, 2.24) is 4.98 Å². The van der Waals surface area contributed by atoms with Crippen LogP contribution in [0.3, 0.4) is 0 Å². The van der Waals surface area contributed by atoms with Crippen LogP contribution in [0.2, 0.25) is 0 Å². The van der Waals surface area contributed by atoms with Crippen molar-refractivity contribution in [3.63, 3.8) is 0 Å². The summed E-state index contributed by atoms with van der Waals surface area (Å²) < 4.78 is 26.6. The van der Waals surface area contributed by atoms with E-state index in [1.165, 1.54) is 6.92 Å². The fourth-order valence-corrected chi connectivity index (χ4v) is 2.92. The predicted molar refractivity (Wildman–Crippen MR) is 80.5 cm³/mol. The third kappa shape index (κ3) is 2.82. The SMILES string of the molecule is CC(C(N)=S)S(=O)(=O)Nc1cccc2cccnc12. The zero-order valence-electron chi connectivity index (χ0n) is 10.2. The molecule has 2 rings (SSSR count). The van der Waals surface area contributed by atoms with Gasteiger partial charge in [0, 0.05) is 11.6 Å². The Labute approximate surface area is 116 Å². The second-order valence-corrected chi connectivity index (χ2v) is 6.55. The Hall–Kier alpha value is -1.73. The van der Waals surface area contributed by atoms with E-state index in [-0.39, 0.29) is 4.99 Å². The van der Waals surface area contributed by atoms with E-state index in [9.17, 15) is 8.42 Å². The van der Waals surface area contributed by atoms with Crippen LogP contribution >= 0.6 is 12.2 Å². The molecule has 1 atom stereocenters. The molecule has 0 aliphatic carbocycles. The summed E-state index contributed by atoms with van der Waals surface area (Å²) in [6, 6.07) is 8.92. The van der Waals surface area contributed by atoms with Crippen LogP contribution in [-0.4, -0.2) is 23.6 Å². The quantitative estimate of drug-likeness (QED) is 0.838. The van der Waals surface area contributed by atoms with Crippen molar-refractivity contribution < 1.29 is 8.42 Å². The molecule has 0 amide bonds. The largest absolute Gasteiger partial charge is 0.392 e. The number of hydrogen-bond donors (Lipinski definition) is 2. The van der Waals surface area contributed by atoms with Crippen molar-refractivity contribution in [2.24, 2.45) is 5.73 Å². The van der Waals surface area contributed by atoms with Crippen LogP contribution in [0.15, 0.2) is 36.5 Å². The zero-order valence-corrected chi connectivity index (χ0v) is 11.8. The molecule has 1 aromatic heterocycles. The van der Waals surface area contributed by atoms with Crippen molar-refractivity contribution in [1.29, 1.82) is 0 Å². The number of hydrogen-bond acceptors (Lipinski definition) is 4. The monoisotopic (exact) mass is 295 g/mol. The molecule has 7 heteroatoms. The number of thiocarbonyl (C=S) groups is 1. The van der Waals surface area contributed by atoms with Gasteiger partial charge in [0.2, 0.25) is 10.0 Å². The fourth-order valence-electron chi connectivity index (χ4n) is 1.58. The molecule has 1 aromatic carbocycles. The Balaban J connectivity index is 2.45. The minimum atomic E-state index is -3.66. The zero-order chi connectivity index (χ0) is 14.0. The lowest BCUT2D eigenvalue weighted by Gasteiger charge is -2.14. The van der Waals surface area contributed by atoms with E-state index in [4.69, 9.17) is 18.0 Å². The van der Waals surface area contributed by atoms with E-state index >= 15 is 0 Å². The first-order valence-corrected chi connectivity index (χ1v) is 7.52. The van der Waals surface area contributed by atoms with Gasteiger partial charge in [0.15, 0.2) is 0 Å². The number of aromatic nitrogens is 1. The third-order valence-corrected chi connectivity index (χ3v) is 4.94. The van der Waals surface area contributed by atoms with E-state index < -0.39 is 15.3 Å². The van der Waals surface area contributed by atoms with Crippen molar-refractivity contribution >= 4 is 43.8 Å².